The molecule has 0 bridgehead atoms. The van der Waals surface area contributed by atoms with E-state index in [1.807, 2.05) is 35.2 Å². The molecular weight excluding hydrogens is 447 g/mol. The molecule has 2 aromatic carbocycles. The molecule has 0 amide bonds. The number of methoxy groups -OCH3 is 1. The summed E-state index contributed by atoms with van der Waals surface area (Å²) in [6, 6.07) is 17.4. The molecular formula is C27H23FN4O3. The Kier molecular flexibility index (Phi) is 5.93. The molecule has 1 aromatic heterocycles. The van der Waals surface area contributed by atoms with E-state index in [0.29, 0.717) is 29.4 Å². The molecule has 3 heterocycles. The summed E-state index contributed by atoms with van der Waals surface area (Å²) in [5.74, 6) is 0.974. The number of rotatable bonds is 5. The largest absolute Gasteiger partial charge is 0.496 e. The molecule has 7 nitrogen and oxygen atoms in total. The fourth-order valence-electron chi connectivity index (χ4n) is 4.60. The van der Waals surface area contributed by atoms with E-state index < -0.39 is 5.72 Å². The van der Waals surface area contributed by atoms with Crippen molar-refractivity contribution in [3.05, 3.63) is 89.0 Å². The number of oxime groups is 1. The number of aliphatic hydroxyl groups excluding tert-OH is 1. The first-order valence-electron chi connectivity index (χ1n) is 11.2. The van der Waals surface area contributed by atoms with Gasteiger partial charge in [-0.2, -0.15) is 5.26 Å². The summed E-state index contributed by atoms with van der Waals surface area (Å²) in [4.78, 5) is 11.8. The van der Waals surface area contributed by atoms with Crippen LogP contribution in [0, 0.1) is 17.1 Å². The topological polar surface area (TPSA) is 91.0 Å². The van der Waals surface area contributed by atoms with Gasteiger partial charge in [0.2, 0.25) is 0 Å². The maximum Gasteiger partial charge on any atom is 0.260 e. The molecule has 1 N–H and O–H groups in total. The van der Waals surface area contributed by atoms with Crippen LogP contribution in [0.15, 0.2) is 71.5 Å². The zero-order chi connectivity index (χ0) is 24.4. The lowest BCUT2D eigenvalue weighted by Crippen LogP contribution is -2.51. The minimum atomic E-state index is -1.18. The van der Waals surface area contributed by atoms with Crippen molar-refractivity contribution in [3.8, 4) is 22.9 Å². The van der Waals surface area contributed by atoms with Crippen molar-refractivity contribution in [2.75, 3.05) is 20.3 Å². The van der Waals surface area contributed by atoms with E-state index in [9.17, 15) is 9.50 Å². The van der Waals surface area contributed by atoms with Crippen molar-refractivity contribution < 1.29 is 19.1 Å². The average Bonchev–Trinajstić information content (AvgIpc) is 3.30. The van der Waals surface area contributed by atoms with Crippen LogP contribution in [0.4, 0.5) is 4.39 Å². The first-order chi connectivity index (χ1) is 17.1. The van der Waals surface area contributed by atoms with Crippen molar-refractivity contribution in [1.29, 1.82) is 5.26 Å². The van der Waals surface area contributed by atoms with Gasteiger partial charge < -0.3 is 19.6 Å². The van der Waals surface area contributed by atoms with Crippen LogP contribution in [0.1, 0.15) is 29.7 Å². The predicted molar refractivity (Wildman–Crippen MR) is 129 cm³/mol. The van der Waals surface area contributed by atoms with Crippen LogP contribution >= 0.6 is 0 Å². The smallest absolute Gasteiger partial charge is 0.260 e. The van der Waals surface area contributed by atoms with Gasteiger partial charge in [0.05, 0.1) is 7.11 Å². The Morgan fingerprint density at radius 2 is 2.06 bits per heavy atom. The molecule has 1 fully saturated rings. The molecule has 3 aromatic rings. The summed E-state index contributed by atoms with van der Waals surface area (Å²) in [7, 11) is 1.61. The highest BCUT2D eigenvalue weighted by Gasteiger charge is 2.49. The van der Waals surface area contributed by atoms with Crippen molar-refractivity contribution in [3.63, 3.8) is 0 Å². The standard InChI is InChI=1S/C27H23FN4O3/c1-34-25-14-18(4-9-24(25)19-10-11-30-23(15-19)16-29)13-20-3-2-12-32-26(20)31-35-27(32,17-33)21-5-7-22(28)8-6-21/h4-11,13-15,33H,2-3,12,17H2,1H3/b20-13+. The molecule has 1 saturated heterocycles. The fraction of sp³-hybridized carbons (Fsp3) is 0.222. The Hall–Kier alpha value is -4.22. The van der Waals surface area contributed by atoms with Gasteiger partial charge in [-0.05, 0) is 78.1 Å². The van der Waals surface area contributed by atoms with Gasteiger partial charge in [-0.15, -0.1) is 0 Å². The molecule has 2 aliphatic heterocycles. The summed E-state index contributed by atoms with van der Waals surface area (Å²) in [5, 5.41) is 23.8. The van der Waals surface area contributed by atoms with Gasteiger partial charge in [-0.25, -0.2) is 9.37 Å². The Balaban J connectivity index is 1.47. The summed E-state index contributed by atoms with van der Waals surface area (Å²) in [5.41, 5.74) is 3.40. The van der Waals surface area contributed by atoms with Crippen molar-refractivity contribution in [2.45, 2.75) is 18.6 Å². The highest BCUT2D eigenvalue weighted by atomic mass is 19.1. The number of aliphatic hydroxyl groups is 1. The lowest BCUT2D eigenvalue weighted by molar-refractivity contribution is -0.137. The first kappa shape index (κ1) is 22.6. The van der Waals surface area contributed by atoms with Crippen molar-refractivity contribution >= 4 is 11.9 Å². The molecule has 0 aliphatic carbocycles. The number of piperidine rings is 1. The fourth-order valence-corrected chi connectivity index (χ4v) is 4.60. The molecule has 0 radical (unpaired) electrons. The monoisotopic (exact) mass is 470 g/mol. The van der Waals surface area contributed by atoms with Gasteiger partial charge in [0.25, 0.3) is 5.72 Å². The lowest BCUT2D eigenvalue weighted by atomic mass is 9.94. The SMILES string of the molecule is COc1cc(/C=C2\CCCN3C2=NOC3(CO)c2ccc(F)cc2)ccc1-c1ccnc(C#N)c1. The number of aromatic nitrogens is 1. The van der Waals surface area contributed by atoms with Crippen LogP contribution in [-0.4, -0.2) is 41.1 Å². The Morgan fingerprint density at radius 1 is 1.23 bits per heavy atom. The number of hydrogen-bond donors (Lipinski definition) is 1. The third-order valence-electron chi connectivity index (χ3n) is 6.35. The third kappa shape index (κ3) is 4.00. The number of halogens is 1. The molecule has 0 spiro atoms. The maximum absolute atomic E-state index is 13.5. The second-order valence-corrected chi connectivity index (χ2v) is 8.38. The molecule has 5 rings (SSSR count). The highest BCUT2D eigenvalue weighted by Crippen LogP contribution is 2.40. The van der Waals surface area contributed by atoms with E-state index in [1.54, 1.807) is 31.5 Å². The number of benzene rings is 2. The molecule has 1 atom stereocenters. The highest BCUT2D eigenvalue weighted by molar-refractivity contribution is 6.03. The Morgan fingerprint density at radius 3 is 2.80 bits per heavy atom. The quantitative estimate of drug-likeness (QED) is 0.593. The van der Waals surface area contributed by atoms with Crippen LogP contribution in [0.5, 0.6) is 5.75 Å². The van der Waals surface area contributed by atoms with Crippen LogP contribution in [0.3, 0.4) is 0 Å². The zero-order valence-corrected chi connectivity index (χ0v) is 19.1. The van der Waals surface area contributed by atoms with Gasteiger partial charge >= 0.3 is 0 Å². The number of amidine groups is 1. The van der Waals surface area contributed by atoms with E-state index in [4.69, 9.17) is 14.8 Å². The van der Waals surface area contributed by atoms with E-state index >= 15 is 0 Å². The third-order valence-corrected chi connectivity index (χ3v) is 6.35. The second-order valence-electron chi connectivity index (χ2n) is 8.38. The average molecular weight is 471 g/mol. The van der Waals surface area contributed by atoms with E-state index in [0.717, 1.165) is 35.1 Å². The van der Waals surface area contributed by atoms with Gasteiger partial charge in [0.15, 0.2) is 5.84 Å². The Bertz CT molecular complexity index is 1360. The lowest BCUT2D eigenvalue weighted by Gasteiger charge is -2.38. The predicted octanol–water partition coefficient (Wildman–Crippen LogP) is 4.44. The number of ether oxygens (including phenoxy) is 1. The number of nitrogens with zero attached hydrogens (tertiary/aromatic N) is 4. The van der Waals surface area contributed by atoms with Crippen LogP contribution in [-0.2, 0) is 10.6 Å². The molecule has 1 unspecified atom stereocenters. The maximum atomic E-state index is 13.5. The van der Waals surface area contributed by atoms with Gasteiger partial charge in [-0.3, -0.25) is 0 Å². The first-order valence-corrected chi connectivity index (χ1v) is 11.2. The molecule has 176 valence electrons. The summed E-state index contributed by atoms with van der Waals surface area (Å²) < 4.78 is 19.1. The van der Waals surface area contributed by atoms with E-state index in [-0.39, 0.29) is 12.4 Å². The summed E-state index contributed by atoms with van der Waals surface area (Å²) in [6.45, 7) is 0.331. The normalized spacial score (nSPS) is 20.1. The molecule has 8 heteroatoms. The van der Waals surface area contributed by atoms with E-state index in [1.165, 1.54) is 12.1 Å². The van der Waals surface area contributed by atoms with Crippen LogP contribution in [0.25, 0.3) is 17.2 Å². The zero-order valence-electron chi connectivity index (χ0n) is 19.1. The number of pyridine rings is 1. The van der Waals surface area contributed by atoms with Gasteiger partial charge in [-0.1, -0.05) is 17.3 Å². The molecule has 35 heavy (non-hydrogen) atoms. The molecule has 2 aliphatic rings. The number of hydrogen-bond acceptors (Lipinski definition) is 7. The Labute approximate surface area is 202 Å². The molecule has 0 saturated carbocycles. The van der Waals surface area contributed by atoms with Crippen molar-refractivity contribution in [2.24, 2.45) is 5.16 Å². The second kappa shape index (κ2) is 9.20. The minimum Gasteiger partial charge on any atom is -0.496 e. The van der Waals surface area contributed by atoms with E-state index in [2.05, 4.69) is 16.2 Å². The van der Waals surface area contributed by atoms with Crippen LogP contribution < -0.4 is 4.74 Å². The minimum absolute atomic E-state index is 0.321. The van der Waals surface area contributed by atoms with Gasteiger partial charge in [0, 0.05) is 23.9 Å². The summed E-state index contributed by atoms with van der Waals surface area (Å²) in [6.07, 6.45) is 5.28. The number of fused-ring (bicyclic) bond motifs is 1. The van der Waals surface area contributed by atoms with Gasteiger partial charge in [0.1, 0.15) is 29.9 Å². The van der Waals surface area contributed by atoms with Crippen LogP contribution in [0.2, 0.25) is 0 Å². The number of nitriles is 1. The van der Waals surface area contributed by atoms with Crippen molar-refractivity contribution in [1.82, 2.24) is 9.88 Å². The summed E-state index contributed by atoms with van der Waals surface area (Å²) >= 11 is 0.